The zero-order valence-electron chi connectivity index (χ0n) is 13.9. The molecule has 0 aliphatic carbocycles. The molecule has 134 valence electrons. The topological polar surface area (TPSA) is 49.2 Å². The highest BCUT2D eigenvalue weighted by Gasteiger charge is 2.27. The van der Waals surface area contributed by atoms with Crippen LogP contribution in [0.1, 0.15) is 17.5 Å². The van der Waals surface area contributed by atoms with Crippen molar-refractivity contribution in [2.75, 3.05) is 6.61 Å². The van der Waals surface area contributed by atoms with Crippen LogP contribution in [0.3, 0.4) is 0 Å². The van der Waals surface area contributed by atoms with Crippen LogP contribution in [0.15, 0.2) is 47.6 Å². The van der Waals surface area contributed by atoms with E-state index < -0.39 is 0 Å². The van der Waals surface area contributed by atoms with E-state index in [0.717, 1.165) is 16.5 Å². The smallest absolute Gasteiger partial charge is 0.192 e. The summed E-state index contributed by atoms with van der Waals surface area (Å²) in [6, 6.07) is 11.9. The lowest BCUT2D eigenvalue weighted by atomic mass is 10.2. The number of ether oxygens (including phenoxy) is 2. The number of fused-ring (bicyclic) bond motifs is 1. The van der Waals surface area contributed by atoms with Crippen LogP contribution in [0, 0.1) is 5.82 Å². The van der Waals surface area contributed by atoms with Crippen molar-refractivity contribution < 1.29 is 13.9 Å². The van der Waals surface area contributed by atoms with E-state index in [1.165, 1.54) is 23.9 Å². The van der Waals surface area contributed by atoms with Gasteiger partial charge in [-0.3, -0.25) is 0 Å². The molecule has 0 radical (unpaired) electrons. The number of aromatic nitrogens is 3. The highest BCUT2D eigenvalue weighted by molar-refractivity contribution is 7.98. The molecule has 26 heavy (non-hydrogen) atoms. The Morgan fingerprint density at radius 2 is 2.04 bits per heavy atom. The summed E-state index contributed by atoms with van der Waals surface area (Å²) >= 11 is 7.55. The normalized spacial score (nSPS) is 15.9. The van der Waals surface area contributed by atoms with Crippen molar-refractivity contribution in [3.8, 4) is 11.5 Å². The van der Waals surface area contributed by atoms with Crippen molar-refractivity contribution in [3.63, 3.8) is 0 Å². The van der Waals surface area contributed by atoms with E-state index in [9.17, 15) is 4.39 Å². The lowest BCUT2D eigenvalue weighted by molar-refractivity contribution is 0.0825. The maximum absolute atomic E-state index is 13.1. The molecule has 0 N–H and O–H groups in total. The molecule has 1 unspecified atom stereocenters. The average molecular weight is 392 g/mol. The SMILES string of the molecule is Cn1c(SCc2ccc(F)cc2Cl)nnc1C1COc2ccccc2O1. The summed E-state index contributed by atoms with van der Waals surface area (Å²) in [5.74, 6) is 2.33. The van der Waals surface area contributed by atoms with Crippen molar-refractivity contribution in [2.45, 2.75) is 17.0 Å². The highest BCUT2D eigenvalue weighted by atomic mass is 35.5. The number of rotatable bonds is 4. The lowest BCUT2D eigenvalue weighted by Crippen LogP contribution is -2.24. The molecule has 3 aromatic rings. The number of thioether (sulfide) groups is 1. The van der Waals surface area contributed by atoms with E-state index >= 15 is 0 Å². The average Bonchev–Trinajstić information content (AvgIpc) is 3.01. The molecule has 1 aliphatic rings. The summed E-state index contributed by atoms with van der Waals surface area (Å²) in [6.07, 6.45) is -0.328. The molecule has 2 heterocycles. The minimum Gasteiger partial charge on any atom is -0.485 e. The number of nitrogens with zero attached hydrogens (tertiary/aromatic N) is 3. The van der Waals surface area contributed by atoms with Crippen LogP contribution >= 0.6 is 23.4 Å². The van der Waals surface area contributed by atoms with Gasteiger partial charge in [0.05, 0.1) is 0 Å². The molecule has 8 heteroatoms. The van der Waals surface area contributed by atoms with E-state index in [0.29, 0.717) is 29.0 Å². The van der Waals surface area contributed by atoms with E-state index in [1.807, 2.05) is 35.9 Å². The predicted octanol–water partition coefficient (Wildman–Crippen LogP) is 4.41. The van der Waals surface area contributed by atoms with Gasteiger partial charge in [0.2, 0.25) is 0 Å². The van der Waals surface area contributed by atoms with Gasteiger partial charge in [-0.25, -0.2) is 4.39 Å². The minimum absolute atomic E-state index is 0.328. The molecule has 0 amide bonds. The van der Waals surface area contributed by atoms with Crippen molar-refractivity contribution >= 4 is 23.4 Å². The molecule has 0 fully saturated rings. The first kappa shape index (κ1) is 17.2. The second kappa shape index (κ2) is 7.17. The number of benzene rings is 2. The Labute approximate surface area is 159 Å². The zero-order valence-corrected chi connectivity index (χ0v) is 15.4. The molecule has 1 aliphatic heterocycles. The van der Waals surface area contributed by atoms with Crippen LogP contribution in [0.2, 0.25) is 5.02 Å². The quantitative estimate of drug-likeness (QED) is 0.616. The summed E-state index contributed by atoms with van der Waals surface area (Å²) in [6.45, 7) is 0.372. The molecule has 1 aromatic heterocycles. The first-order chi connectivity index (χ1) is 12.6. The van der Waals surface area contributed by atoms with Crippen LogP contribution in [-0.2, 0) is 12.8 Å². The summed E-state index contributed by atoms with van der Waals surface area (Å²) < 4.78 is 26.8. The maximum atomic E-state index is 13.1. The second-order valence-corrected chi connectivity index (χ2v) is 7.14. The Morgan fingerprint density at radius 1 is 1.23 bits per heavy atom. The molecule has 5 nitrogen and oxygen atoms in total. The maximum Gasteiger partial charge on any atom is 0.192 e. The molecule has 1 atom stereocenters. The molecular weight excluding hydrogens is 377 g/mol. The Morgan fingerprint density at radius 3 is 2.85 bits per heavy atom. The van der Waals surface area contributed by atoms with E-state index in [1.54, 1.807) is 6.07 Å². The van der Waals surface area contributed by atoms with Crippen molar-refractivity contribution in [1.82, 2.24) is 14.8 Å². The van der Waals surface area contributed by atoms with Gasteiger partial charge in [0.25, 0.3) is 0 Å². The standard InChI is InChI=1S/C18H15ClFN3O2S/c1-23-17(16-9-24-14-4-2-3-5-15(14)25-16)21-22-18(23)26-10-11-6-7-12(20)8-13(11)19/h2-8,16H,9-10H2,1H3. The van der Waals surface area contributed by atoms with Crippen LogP contribution < -0.4 is 9.47 Å². The van der Waals surface area contributed by atoms with E-state index in [2.05, 4.69) is 10.2 Å². The van der Waals surface area contributed by atoms with Gasteiger partial charge in [-0.1, -0.05) is 41.6 Å². The Balaban J connectivity index is 1.48. The third kappa shape index (κ3) is 3.37. The summed E-state index contributed by atoms with van der Waals surface area (Å²) in [7, 11) is 1.88. The van der Waals surface area contributed by atoms with Crippen molar-refractivity contribution in [2.24, 2.45) is 7.05 Å². The van der Waals surface area contributed by atoms with Gasteiger partial charge >= 0.3 is 0 Å². The van der Waals surface area contributed by atoms with Crippen molar-refractivity contribution in [3.05, 3.63) is 64.7 Å². The van der Waals surface area contributed by atoms with Crippen LogP contribution in [0.25, 0.3) is 0 Å². The Hall–Kier alpha value is -2.25. The van der Waals surface area contributed by atoms with Gasteiger partial charge in [0.15, 0.2) is 28.6 Å². The number of halogens is 2. The number of hydrogen-bond acceptors (Lipinski definition) is 5. The van der Waals surface area contributed by atoms with E-state index in [4.69, 9.17) is 21.1 Å². The van der Waals surface area contributed by atoms with Gasteiger partial charge in [0.1, 0.15) is 12.4 Å². The minimum atomic E-state index is -0.348. The van der Waals surface area contributed by atoms with Crippen LogP contribution in [0.4, 0.5) is 4.39 Å². The second-order valence-electron chi connectivity index (χ2n) is 5.79. The van der Waals surface area contributed by atoms with Crippen LogP contribution in [-0.4, -0.2) is 21.4 Å². The summed E-state index contributed by atoms with van der Waals surface area (Å²) in [5.41, 5.74) is 0.841. The Bertz CT molecular complexity index is 950. The third-order valence-electron chi connectivity index (χ3n) is 4.04. The molecule has 0 spiro atoms. The van der Waals surface area contributed by atoms with Crippen molar-refractivity contribution in [1.29, 1.82) is 0 Å². The Kier molecular flexibility index (Phi) is 4.74. The van der Waals surface area contributed by atoms with Crippen LogP contribution in [0.5, 0.6) is 11.5 Å². The number of hydrogen-bond donors (Lipinski definition) is 0. The van der Waals surface area contributed by atoms with Gasteiger partial charge in [-0.2, -0.15) is 0 Å². The van der Waals surface area contributed by atoms with Gasteiger partial charge in [0, 0.05) is 17.8 Å². The van der Waals surface area contributed by atoms with Gasteiger partial charge < -0.3 is 14.0 Å². The number of para-hydroxylation sites is 2. The molecule has 0 bridgehead atoms. The fourth-order valence-electron chi connectivity index (χ4n) is 2.66. The highest BCUT2D eigenvalue weighted by Crippen LogP contribution is 2.36. The van der Waals surface area contributed by atoms with E-state index in [-0.39, 0.29) is 11.9 Å². The summed E-state index contributed by atoms with van der Waals surface area (Å²) in [4.78, 5) is 0. The molecule has 2 aromatic carbocycles. The summed E-state index contributed by atoms with van der Waals surface area (Å²) in [5, 5.41) is 9.62. The molecular formula is C18H15ClFN3O2S. The predicted molar refractivity (Wildman–Crippen MR) is 97.3 cm³/mol. The van der Waals surface area contributed by atoms with Gasteiger partial charge in [-0.15, -0.1) is 10.2 Å². The zero-order chi connectivity index (χ0) is 18.1. The monoisotopic (exact) mass is 391 g/mol. The fourth-order valence-corrected chi connectivity index (χ4v) is 3.90. The molecule has 0 saturated carbocycles. The fraction of sp³-hybridized carbons (Fsp3) is 0.222. The first-order valence-electron chi connectivity index (χ1n) is 7.96. The largest absolute Gasteiger partial charge is 0.485 e. The third-order valence-corrected chi connectivity index (χ3v) is 5.46. The molecule has 4 rings (SSSR count). The lowest BCUT2D eigenvalue weighted by Gasteiger charge is -2.25. The first-order valence-corrected chi connectivity index (χ1v) is 9.32. The molecule has 0 saturated heterocycles. The van der Waals surface area contributed by atoms with Gasteiger partial charge in [-0.05, 0) is 29.8 Å².